The number of para-hydroxylation sites is 1. The Bertz CT molecular complexity index is 1480. The molecule has 0 saturated heterocycles. The van der Waals surface area contributed by atoms with Crippen LogP contribution in [0.2, 0.25) is 0 Å². The molecule has 0 radical (unpaired) electrons. The molecule has 0 spiro atoms. The first-order valence-electron chi connectivity index (χ1n) is 12.8. The average molecular weight is 679 g/mol. The molecule has 0 unspecified atom stereocenters. The van der Waals surface area contributed by atoms with E-state index in [1.807, 2.05) is 0 Å². The Morgan fingerprint density at radius 1 is 1.14 bits per heavy atom. The number of allylic oxidation sites excluding steroid dienone is 1. The van der Waals surface area contributed by atoms with Crippen molar-refractivity contribution < 1.29 is 38.3 Å². The number of nitro benzene ring substituents is 1. The highest BCUT2D eigenvalue weighted by atomic mass is 79.9. The molecule has 1 aliphatic rings. The van der Waals surface area contributed by atoms with Gasteiger partial charge in [0.15, 0.2) is 18.3 Å². The highest BCUT2D eigenvalue weighted by Crippen LogP contribution is 2.36. The van der Waals surface area contributed by atoms with E-state index in [0.717, 1.165) is 0 Å². The van der Waals surface area contributed by atoms with Crippen LogP contribution in [-0.4, -0.2) is 60.5 Å². The maximum atomic E-state index is 12.7. The third kappa shape index (κ3) is 8.96. The lowest BCUT2D eigenvalue weighted by atomic mass is 9.95. The number of halogens is 1. The number of amides is 1. The molecule has 3 rings (SSSR count). The molecular weight excluding hydrogens is 650 g/mol. The van der Waals surface area contributed by atoms with Crippen molar-refractivity contribution in [3.63, 3.8) is 0 Å². The molecule has 0 aliphatic carbocycles. The molecule has 0 bridgehead atoms. The highest BCUT2D eigenvalue weighted by Gasteiger charge is 2.32. The van der Waals surface area contributed by atoms with E-state index in [-0.39, 0.29) is 29.0 Å². The van der Waals surface area contributed by atoms with Crippen molar-refractivity contribution in [3.05, 3.63) is 73.4 Å². The lowest BCUT2D eigenvalue weighted by Gasteiger charge is -2.30. The minimum absolute atomic E-state index is 0.141. The van der Waals surface area contributed by atoms with Crippen molar-refractivity contribution in [2.75, 3.05) is 26.4 Å². The number of hydrogen-bond acceptors (Lipinski definition) is 11. The molecule has 2 aromatic rings. The van der Waals surface area contributed by atoms with Crippen molar-refractivity contribution in [1.29, 1.82) is 0 Å². The summed E-state index contributed by atoms with van der Waals surface area (Å²) in [6.45, 7) is 4.40. The summed E-state index contributed by atoms with van der Waals surface area (Å²) in [5, 5.41) is 21.7. The van der Waals surface area contributed by atoms with Gasteiger partial charge in [-0.3, -0.25) is 14.9 Å². The van der Waals surface area contributed by atoms with Gasteiger partial charge < -0.3 is 29.6 Å². The van der Waals surface area contributed by atoms with E-state index in [2.05, 4.69) is 37.1 Å². The number of nitrogens with zero attached hydrogens (tertiary/aromatic N) is 2. The number of carbonyl (C=O) groups is 3. The number of hydrogen-bond donors (Lipinski definition) is 3. The Labute approximate surface area is 260 Å². The van der Waals surface area contributed by atoms with Crippen molar-refractivity contribution >= 4 is 63.0 Å². The van der Waals surface area contributed by atoms with Crippen molar-refractivity contribution in [2.24, 2.45) is 5.10 Å². The molecule has 0 saturated carbocycles. The number of rotatable bonds is 13. The third-order valence-corrected chi connectivity index (χ3v) is 6.45. The summed E-state index contributed by atoms with van der Waals surface area (Å²) in [4.78, 5) is 47.7. The topological polar surface area (TPSA) is 180 Å². The van der Waals surface area contributed by atoms with Crippen LogP contribution in [0.3, 0.4) is 0 Å². The van der Waals surface area contributed by atoms with Crippen molar-refractivity contribution in [1.82, 2.24) is 16.1 Å². The zero-order valence-corrected chi connectivity index (χ0v) is 25.7. The summed E-state index contributed by atoms with van der Waals surface area (Å²) in [5.74, 6) is -1.67. The highest BCUT2D eigenvalue weighted by molar-refractivity contribution is 9.10. The summed E-state index contributed by atoms with van der Waals surface area (Å²) in [7, 11) is 0. The van der Waals surface area contributed by atoms with Gasteiger partial charge in [-0.15, -0.1) is 0 Å². The smallest absolute Gasteiger partial charge is 0.344 e. The first kappa shape index (κ1) is 32.9. The normalized spacial score (nSPS) is 14.4. The first-order valence-corrected chi connectivity index (χ1v) is 14.0. The summed E-state index contributed by atoms with van der Waals surface area (Å²) in [5.41, 5.74) is 3.52. The Balaban J connectivity index is 1.69. The number of thiocarbonyl (C=S) groups is 1. The zero-order chi connectivity index (χ0) is 31.5. The number of nitrogens with one attached hydrogen (secondary N) is 3. The largest absolute Gasteiger partial charge is 0.483 e. The summed E-state index contributed by atoms with van der Waals surface area (Å²) < 4.78 is 21.2. The molecule has 43 heavy (non-hydrogen) atoms. The van der Waals surface area contributed by atoms with E-state index in [4.69, 9.17) is 31.2 Å². The van der Waals surface area contributed by atoms with Gasteiger partial charge in [-0.05, 0) is 61.1 Å². The van der Waals surface area contributed by atoms with Crippen LogP contribution in [-0.2, 0) is 23.9 Å². The van der Waals surface area contributed by atoms with Crippen LogP contribution in [0.1, 0.15) is 37.9 Å². The monoisotopic (exact) mass is 677 g/mol. The fourth-order valence-corrected chi connectivity index (χ4v) is 4.75. The lowest BCUT2D eigenvalue weighted by molar-refractivity contribution is -0.385. The van der Waals surface area contributed by atoms with E-state index in [1.54, 1.807) is 45.0 Å². The maximum Gasteiger partial charge on any atom is 0.344 e. The molecule has 14 nitrogen and oxygen atoms in total. The number of carbonyl (C=O) groups excluding carboxylic acids is 3. The Kier molecular flexibility index (Phi) is 11.9. The predicted octanol–water partition coefficient (Wildman–Crippen LogP) is 3.18. The zero-order valence-electron chi connectivity index (χ0n) is 23.3. The predicted molar refractivity (Wildman–Crippen MR) is 162 cm³/mol. The SMILES string of the molecule is CCOC(=O)COc1c(Br)cc(C=NNC(=O)COc2ccccc2[C@@H]2NC(=S)NC(C)=C2C(=O)OCC)cc1[N+](=O)[O-]. The second-order valence-corrected chi connectivity index (χ2v) is 9.87. The Hall–Kier alpha value is -4.57. The molecule has 1 heterocycles. The van der Waals surface area contributed by atoms with Gasteiger partial charge in [-0.1, -0.05) is 18.2 Å². The Morgan fingerprint density at radius 2 is 1.86 bits per heavy atom. The summed E-state index contributed by atoms with van der Waals surface area (Å²) >= 11 is 8.47. The van der Waals surface area contributed by atoms with Gasteiger partial charge in [0, 0.05) is 22.9 Å². The van der Waals surface area contributed by atoms with Gasteiger partial charge in [-0.25, -0.2) is 15.0 Å². The molecule has 1 atom stereocenters. The average Bonchev–Trinajstić information content (AvgIpc) is 2.95. The minimum Gasteiger partial charge on any atom is -0.483 e. The van der Waals surface area contributed by atoms with Crippen molar-refractivity contribution in [2.45, 2.75) is 26.8 Å². The second kappa shape index (κ2) is 15.6. The first-order chi connectivity index (χ1) is 20.5. The third-order valence-electron chi connectivity index (χ3n) is 5.64. The molecule has 0 aromatic heterocycles. The van der Waals surface area contributed by atoms with Gasteiger partial charge >= 0.3 is 17.6 Å². The molecule has 3 N–H and O–H groups in total. The van der Waals surface area contributed by atoms with Crippen LogP contribution in [0.15, 0.2) is 57.2 Å². The van der Waals surface area contributed by atoms with Crippen LogP contribution in [0.25, 0.3) is 0 Å². The van der Waals surface area contributed by atoms with Crippen LogP contribution in [0, 0.1) is 10.1 Å². The second-order valence-electron chi connectivity index (χ2n) is 8.61. The molecule has 1 amide bonds. The summed E-state index contributed by atoms with van der Waals surface area (Å²) in [6.07, 6.45) is 1.19. The van der Waals surface area contributed by atoms with Gasteiger partial charge in [0.25, 0.3) is 5.91 Å². The van der Waals surface area contributed by atoms with Gasteiger partial charge in [0.2, 0.25) is 5.75 Å². The lowest BCUT2D eigenvalue weighted by Crippen LogP contribution is -2.45. The van der Waals surface area contributed by atoms with Crippen LogP contribution in [0.4, 0.5) is 5.69 Å². The maximum absolute atomic E-state index is 12.7. The van der Waals surface area contributed by atoms with Crippen molar-refractivity contribution in [3.8, 4) is 11.5 Å². The number of benzene rings is 2. The van der Waals surface area contributed by atoms with Crippen LogP contribution < -0.4 is 25.5 Å². The molecule has 1 aliphatic heterocycles. The fraction of sp³-hybridized carbons (Fsp3) is 0.296. The summed E-state index contributed by atoms with van der Waals surface area (Å²) in [6, 6.07) is 8.77. The van der Waals surface area contributed by atoms with Crippen LogP contribution >= 0.6 is 28.1 Å². The number of nitro groups is 1. The van der Waals surface area contributed by atoms with E-state index in [1.165, 1.54) is 18.3 Å². The number of ether oxygens (including phenoxy) is 4. The molecule has 0 fully saturated rings. The Morgan fingerprint density at radius 3 is 2.56 bits per heavy atom. The van der Waals surface area contributed by atoms with E-state index in [0.29, 0.717) is 27.7 Å². The van der Waals surface area contributed by atoms with Gasteiger partial charge in [0.1, 0.15) is 5.75 Å². The molecule has 2 aromatic carbocycles. The van der Waals surface area contributed by atoms with Crippen LogP contribution in [0.5, 0.6) is 11.5 Å². The van der Waals surface area contributed by atoms with E-state index in [9.17, 15) is 24.5 Å². The number of hydrazone groups is 1. The van der Waals surface area contributed by atoms with Gasteiger partial charge in [-0.2, -0.15) is 5.10 Å². The quantitative estimate of drug-likeness (QED) is 0.0928. The molecule has 16 heteroatoms. The minimum atomic E-state index is -0.691. The van der Waals surface area contributed by atoms with E-state index < -0.39 is 47.7 Å². The standard InChI is InChI=1S/C27H28BrN5O9S/c1-4-39-22(35)14-42-25-18(28)10-16(11-19(25)33(37)38)12-29-32-21(34)13-41-20-9-7-6-8-17(20)24-23(26(36)40-5-2)15(3)30-27(43)31-24/h6-12,24H,4-5,13-14H2,1-3H3,(H,32,34)(H2,30,31,43)/t24-/m0/s1. The number of esters is 2. The van der Waals surface area contributed by atoms with E-state index >= 15 is 0 Å². The molecule has 228 valence electrons. The molecular formula is C27H28BrN5O9S. The van der Waals surface area contributed by atoms with Gasteiger partial charge in [0.05, 0.1) is 40.4 Å². The fourth-order valence-electron chi connectivity index (χ4n) is 3.90.